The molecule has 2 atom stereocenters. The second-order valence-corrected chi connectivity index (χ2v) is 17.5. The summed E-state index contributed by atoms with van der Waals surface area (Å²) in [5.74, 6) is -0.700. The van der Waals surface area contributed by atoms with Gasteiger partial charge >= 0.3 is 19.8 Å². The largest absolute Gasteiger partial charge is 0.475 e. The number of phosphoric acid groups is 1. The first kappa shape index (κ1) is 51.0. The van der Waals surface area contributed by atoms with Crippen molar-refractivity contribution in [3.63, 3.8) is 0 Å². The highest BCUT2D eigenvalue weighted by Crippen LogP contribution is 2.49. The average molecular weight is 763 g/mol. The maximum Gasteiger partial charge on any atom is 0.475 e. The zero-order valence-corrected chi connectivity index (χ0v) is 36.0. The Bertz CT molecular complexity index is 865. The summed E-state index contributed by atoms with van der Waals surface area (Å²) in [6.45, 7) is 6.74. The Balaban J connectivity index is 4.56. The second-order valence-electron chi connectivity index (χ2n) is 15.8. The van der Waals surface area contributed by atoms with Crippen molar-refractivity contribution in [1.82, 2.24) is 0 Å². The predicted molar refractivity (Wildman–Crippen MR) is 215 cm³/mol. The van der Waals surface area contributed by atoms with Crippen LogP contribution in [-0.2, 0) is 37.2 Å². The van der Waals surface area contributed by atoms with E-state index in [4.69, 9.17) is 23.0 Å². The molecule has 0 spiro atoms. The molecule has 0 saturated carbocycles. The summed E-state index contributed by atoms with van der Waals surface area (Å²) in [6.07, 6.45) is 31.8. The first-order chi connectivity index (χ1) is 25.0. The van der Waals surface area contributed by atoms with E-state index in [-0.39, 0.29) is 44.8 Å². The third-order valence-electron chi connectivity index (χ3n) is 9.41. The fourth-order valence-electron chi connectivity index (χ4n) is 6.06. The Hall–Kier alpha value is -0.990. The van der Waals surface area contributed by atoms with E-state index < -0.39 is 13.9 Å². The van der Waals surface area contributed by atoms with E-state index in [9.17, 15) is 14.2 Å². The summed E-state index contributed by atoms with van der Waals surface area (Å²) in [6, 6.07) is 0. The van der Waals surface area contributed by atoms with E-state index in [1.807, 2.05) is 21.1 Å². The minimum Gasteiger partial charge on any atom is -0.462 e. The highest BCUT2D eigenvalue weighted by Gasteiger charge is 2.30. The zero-order valence-electron chi connectivity index (χ0n) is 35.1. The third kappa shape index (κ3) is 36.0. The smallest absolute Gasteiger partial charge is 0.462 e. The number of nitrogens with zero attached hydrogens (tertiary/aromatic N) is 1. The zero-order chi connectivity index (χ0) is 38.6. The summed E-state index contributed by atoms with van der Waals surface area (Å²) in [4.78, 5) is 25.4. The number of rotatable bonds is 40. The van der Waals surface area contributed by atoms with Gasteiger partial charge in [0.15, 0.2) is 6.10 Å². The van der Waals surface area contributed by atoms with Gasteiger partial charge in [-0.1, -0.05) is 168 Å². The van der Waals surface area contributed by atoms with Crippen LogP contribution in [0.15, 0.2) is 0 Å². The van der Waals surface area contributed by atoms with Crippen LogP contribution in [0.4, 0.5) is 0 Å². The molecule has 0 aliphatic carbocycles. The van der Waals surface area contributed by atoms with Gasteiger partial charge in [0.2, 0.25) is 0 Å². The molecule has 52 heavy (non-hydrogen) atoms. The minimum absolute atomic E-state index is 0.138. The number of quaternary nitrogens is 1. The second kappa shape index (κ2) is 35.7. The highest BCUT2D eigenvalue weighted by molar-refractivity contribution is 7.48. The fourth-order valence-corrected chi connectivity index (χ4v) is 7.26. The van der Waals surface area contributed by atoms with Crippen LogP contribution in [-0.4, -0.2) is 76.6 Å². The lowest BCUT2D eigenvalue weighted by Crippen LogP contribution is -2.37. The van der Waals surface area contributed by atoms with Crippen molar-refractivity contribution in [2.24, 2.45) is 0 Å². The molecule has 0 aromatic carbocycles. The van der Waals surface area contributed by atoms with Gasteiger partial charge in [-0.25, -0.2) is 4.57 Å². The van der Waals surface area contributed by atoms with Crippen molar-refractivity contribution in [3.8, 4) is 0 Å². The monoisotopic (exact) mass is 763 g/mol. The lowest BCUT2D eigenvalue weighted by molar-refractivity contribution is -0.870. The first-order valence-electron chi connectivity index (χ1n) is 21.7. The van der Waals surface area contributed by atoms with Gasteiger partial charge in [0.1, 0.15) is 19.8 Å². The summed E-state index contributed by atoms with van der Waals surface area (Å²) >= 11 is 0. The Morgan fingerprint density at radius 2 is 0.885 bits per heavy atom. The van der Waals surface area contributed by atoms with Crippen molar-refractivity contribution >= 4 is 19.8 Å². The van der Waals surface area contributed by atoms with E-state index in [1.54, 1.807) is 6.92 Å². The van der Waals surface area contributed by atoms with Gasteiger partial charge in [0, 0.05) is 12.8 Å². The van der Waals surface area contributed by atoms with E-state index in [0.717, 1.165) is 38.5 Å². The molecular weight excluding hydrogens is 677 g/mol. The van der Waals surface area contributed by atoms with Gasteiger partial charge in [0.05, 0.1) is 34.4 Å². The number of ether oxygens (including phenoxy) is 2. The Morgan fingerprint density at radius 3 is 1.27 bits per heavy atom. The number of phosphoric ester groups is 1. The number of hydrogen-bond acceptors (Lipinski definition) is 8. The molecule has 9 nitrogen and oxygen atoms in total. The molecule has 0 heterocycles. The standard InChI is InChI=1S/C42H85NO8P/c1-7-10-12-14-16-18-20-22-24-26-28-30-32-34-41(44)47-38-40(39-50-52(46,48-9-3)49-37-36-43(4,5)6)51-42(45)35-33-31-29-27-25-23-21-19-17-15-13-11-8-2/h40H,7-39H2,1-6H3/q+1/t40-,52?/m0/s1. The number of hydrogen-bond donors (Lipinski definition) is 0. The Labute approximate surface area is 321 Å². The molecule has 1 unspecified atom stereocenters. The molecule has 0 aliphatic heterocycles. The summed E-state index contributed by atoms with van der Waals surface area (Å²) < 4.78 is 41.6. The normalized spacial score (nSPS) is 13.6. The van der Waals surface area contributed by atoms with Crippen LogP contribution in [0, 0.1) is 0 Å². The minimum atomic E-state index is -3.89. The maximum atomic E-state index is 13.3. The first-order valence-corrected chi connectivity index (χ1v) is 23.2. The van der Waals surface area contributed by atoms with Crippen LogP contribution in [0.3, 0.4) is 0 Å². The quantitative estimate of drug-likeness (QED) is 0.0263. The molecule has 310 valence electrons. The van der Waals surface area contributed by atoms with Crippen molar-refractivity contribution in [3.05, 3.63) is 0 Å². The predicted octanol–water partition coefficient (Wildman–Crippen LogP) is 12.3. The van der Waals surface area contributed by atoms with Crippen molar-refractivity contribution < 1.29 is 41.7 Å². The molecule has 0 N–H and O–H groups in total. The molecule has 0 radical (unpaired) electrons. The van der Waals surface area contributed by atoms with Crippen LogP contribution in [0.1, 0.15) is 201 Å². The van der Waals surface area contributed by atoms with E-state index in [1.165, 1.54) is 128 Å². The third-order valence-corrected chi connectivity index (χ3v) is 11.0. The summed E-state index contributed by atoms with van der Waals surface area (Å²) in [5, 5.41) is 0. The number of carbonyl (C=O) groups excluding carboxylic acids is 2. The van der Waals surface area contributed by atoms with Gasteiger partial charge in [-0.2, -0.15) is 0 Å². The fraction of sp³-hybridized carbons (Fsp3) is 0.952. The molecule has 0 saturated heterocycles. The Kier molecular flexibility index (Phi) is 35.0. The van der Waals surface area contributed by atoms with Gasteiger partial charge < -0.3 is 14.0 Å². The maximum absolute atomic E-state index is 13.3. The highest BCUT2D eigenvalue weighted by atomic mass is 31.2. The molecule has 0 amide bonds. The van der Waals surface area contributed by atoms with Crippen molar-refractivity contribution in [2.45, 2.75) is 207 Å². The molecule has 0 rings (SSSR count). The van der Waals surface area contributed by atoms with Gasteiger partial charge in [-0.3, -0.25) is 23.2 Å². The molecule has 0 aromatic rings. The van der Waals surface area contributed by atoms with Gasteiger partial charge in [0.25, 0.3) is 0 Å². The lowest BCUT2D eigenvalue weighted by atomic mass is 10.0. The topological polar surface area (TPSA) is 97.4 Å². The molecule has 10 heteroatoms. The number of esters is 2. The van der Waals surface area contributed by atoms with Gasteiger partial charge in [-0.15, -0.1) is 0 Å². The van der Waals surface area contributed by atoms with Crippen LogP contribution in [0.25, 0.3) is 0 Å². The average Bonchev–Trinajstić information content (AvgIpc) is 3.09. The van der Waals surface area contributed by atoms with Crippen LogP contribution in [0.5, 0.6) is 0 Å². The molecule has 0 fully saturated rings. The van der Waals surface area contributed by atoms with E-state index in [0.29, 0.717) is 17.4 Å². The summed E-state index contributed by atoms with van der Waals surface area (Å²) in [5.41, 5.74) is 0. The van der Waals surface area contributed by atoms with E-state index >= 15 is 0 Å². The van der Waals surface area contributed by atoms with E-state index in [2.05, 4.69) is 13.8 Å². The summed E-state index contributed by atoms with van der Waals surface area (Å²) in [7, 11) is 2.14. The Morgan fingerprint density at radius 1 is 0.500 bits per heavy atom. The van der Waals surface area contributed by atoms with Crippen LogP contribution < -0.4 is 0 Å². The number of likely N-dealkylation sites (N-methyl/N-ethyl adjacent to an activating group) is 1. The van der Waals surface area contributed by atoms with Gasteiger partial charge in [-0.05, 0) is 19.8 Å². The number of carbonyl (C=O) groups is 2. The lowest BCUT2D eigenvalue weighted by Gasteiger charge is -2.25. The van der Waals surface area contributed by atoms with Crippen LogP contribution >= 0.6 is 7.82 Å². The van der Waals surface area contributed by atoms with Crippen molar-refractivity contribution in [1.29, 1.82) is 0 Å². The molecule has 0 aromatic heterocycles. The SMILES string of the molecule is CCCCCCCCCCCCCCCC(=O)OC[C@@H](COP(=O)(OCC)OCC[N+](C)(C)C)OC(=O)CCCCCCCCCCCCCCC. The number of unbranched alkanes of at least 4 members (excludes halogenated alkanes) is 24. The molecule has 0 bridgehead atoms. The molecular formula is C42H85NO8P+. The van der Waals surface area contributed by atoms with Crippen LogP contribution in [0.2, 0.25) is 0 Å². The molecule has 0 aliphatic rings. The van der Waals surface area contributed by atoms with Crippen molar-refractivity contribution in [2.75, 3.05) is 54.1 Å².